The van der Waals surface area contributed by atoms with Crippen LogP contribution in [0, 0.1) is 6.92 Å². The van der Waals surface area contributed by atoms with Gasteiger partial charge in [-0.25, -0.2) is 4.79 Å². The number of phenols is 1. The van der Waals surface area contributed by atoms with Gasteiger partial charge in [0.05, 0.1) is 5.56 Å². The number of hydrogen-bond acceptors (Lipinski definition) is 2. The Morgan fingerprint density at radius 1 is 1.45 bits per heavy atom. The van der Waals surface area contributed by atoms with Crippen molar-refractivity contribution < 1.29 is 15.0 Å². The van der Waals surface area contributed by atoms with Crippen LogP contribution < -0.4 is 0 Å². The summed E-state index contributed by atoms with van der Waals surface area (Å²) < 4.78 is 0. The Bertz CT molecular complexity index is 291. The molecule has 0 saturated heterocycles. The number of aromatic carboxylic acids is 1. The molecule has 0 aliphatic carbocycles. The summed E-state index contributed by atoms with van der Waals surface area (Å²) in [6, 6.07) is 3.95. The molecule has 0 spiro atoms. The van der Waals surface area contributed by atoms with Gasteiger partial charge in [-0.05, 0) is 30.7 Å². The van der Waals surface area contributed by atoms with Crippen LogP contribution in [-0.4, -0.2) is 16.2 Å². The van der Waals surface area contributed by atoms with Gasteiger partial charge in [0.25, 0.3) is 0 Å². The fourth-order valence-corrected chi connectivity index (χ4v) is 0.719. The minimum absolute atomic E-state index is 0.00926. The number of phenolic OH excluding ortho intramolecular Hbond substituents is 1. The van der Waals surface area contributed by atoms with Crippen LogP contribution in [0.4, 0.5) is 0 Å². The van der Waals surface area contributed by atoms with E-state index in [2.05, 4.69) is 6.92 Å². The number of carboxylic acids is 1. The lowest BCUT2D eigenvalue weighted by Crippen LogP contribution is -1.95. The van der Waals surface area contributed by atoms with Crippen LogP contribution in [0.25, 0.3) is 0 Å². The number of carbonyl (C=O) groups is 1. The largest absolute Gasteiger partial charge is 0.508 e. The van der Waals surface area contributed by atoms with Crippen molar-refractivity contribution in [1.82, 2.24) is 0 Å². The van der Waals surface area contributed by atoms with Gasteiger partial charge in [-0.2, -0.15) is 0 Å². The molecule has 0 atom stereocenters. The van der Waals surface area contributed by atoms with E-state index >= 15 is 0 Å². The molecule has 1 radical (unpaired) electrons. The Morgan fingerprint density at radius 3 is 2.55 bits per heavy atom. The van der Waals surface area contributed by atoms with E-state index < -0.39 is 5.97 Å². The Balaban J connectivity index is 3.15. The highest BCUT2D eigenvalue weighted by atomic mass is 16.4. The van der Waals surface area contributed by atoms with Crippen LogP contribution in [-0.2, 0) is 0 Å². The molecule has 0 aliphatic heterocycles. The maximum atomic E-state index is 10.4. The molecule has 1 aromatic rings. The van der Waals surface area contributed by atoms with Gasteiger partial charge >= 0.3 is 5.97 Å². The zero-order chi connectivity index (χ0) is 8.43. The molecule has 1 rings (SSSR count). The minimum atomic E-state index is -1.02. The highest BCUT2D eigenvalue weighted by Crippen LogP contribution is 2.16. The molecule has 2 N–H and O–H groups in total. The topological polar surface area (TPSA) is 57.5 Å². The molecule has 0 aromatic heterocycles. The summed E-state index contributed by atoms with van der Waals surface area (Å²) in [5.74, 6) is -1.01. The standard InChI is InChI=1S/C8H7O3/c1-5-4-6(8(10)11)2-3-7(5)9/h2-4,9H,1H2,(H,10,11). The number of rotatable bonds is 1. The first-order valence-corrected chi connectivity index (χ1v) is 2.99. The first-order chi connectivity index (χ1) is 5.11. The van der Waals surface area contributed by atoms with Crippen molar-refractivity contribution in [2.24, 2.45) is 0 Å². The first-order valence-electron chi connectivity index (χ1n) is 2.99. The summed E-state index contributed by atoms with van der Waals surface area (Å²) in [6.45, 7) is 3.45. The predicted octanol–water partition coefficient (Wildman–Crippen LogP) is 1.27. The molecule has 1 aromatic carbocycles. The average Bonchev–Trinajstić information content (AvgIpc) is 1.94. The molecule has 3 heteroatoms. The second-order valence-corrected chi connectivity index (χ2v) is 2.15. The van der Waals surface area contributed by atoms with Crippen molar-refractivity contribution >= 4 is 5.97 Å². The van der Waals surface area contributed by atoms with Crippen LogP contribution in [0.3, 0.4) is 0 Å². The lowest BCUT2D eigenvalue weighted by Gasteiger charge is -1.98. The number of carboxylic acid groups (broad SMARTS) is 1. The maximum absolute atomic E-state index is 10.4. The van der Waals surface area contributed by atoms with Gasteiger partial charge in [-0.1, -0.05) is 0 Å². The van der Waals surface area contributed by atoms with Gasteiger partial charge in [-0.3, -0.25) is 0 Å². The molecule has 0 unspecified atom stereocenters. The summed E-state index contributed by atoms with van der Waals surface area (Å²) in [6.07, 6.45) is 0. The normalized spacial score (nSPS) is 9.55. The summed E-state index contributed by atoms with van der Waals surface area (Å²) in [7, 11) is 0. The van der Waals surface area contributed by atoms with Crippen molar-refractivity contribution in [3.63, 3.8) is 0 Å². The van der Waals surface area contributed by atoms with Crippen LogP contribution >= 0.6 is 0 Å². The number of hydrogen-bond donors (Lipinski definition) is 2. The molecule has 0 bridgehead atoms. The van der Waals surface area contributed by atoms with E-state index in [1.807, 2.05) is 0 Å². The molecular formula is C8H7O3. The summed E-state index contributed by atoms with van der Waals surface area (Å²) in [5, 5.41) is 17.5. The molecule has 0 saturated carbocycles. The molecular weight excluding hydrogens is 144 g/mol. The Hall–Kier alpha value is -1.51. The van der Waals surface area contributed by atoms with E-state index in [0.29, 0.717) is 5.56 Å². The van der Waals surface area contributed by atoms with Crippen molar-refractivity contribution in [3.8, 4) is 5.75 Å². The molecule has 0 aliphatic rings. The zero-order valence-corrected chi connectivity index (χ0v) is 5.74. The van der Waals surface area contributed by atoms with Gasteiger partial charge in [0, 0.05) is 0 Å². The third-order valence-corrected chi connectivity index (χ3v) is 1.33. The average molecular weight is 151 g/mol. The second-order valence-electron chi connectivity index (χ2n) is 2.15. The molecule has 0 fully saturated rings. The number of benzene rings is 1. The predicted molar refractivity (Wildman–Crippen MR) is 39.5 cm³/mol. The van der Waals surface area contributed by atoms with E-state index in [0.717, 1.165) is 0 Å². The van der Waals surface area contributed by atoms with Crippen molar-refractivity contribution in [2.45, 2.75) is 0 Å². The van der Waals surface area contributed by atoms with E-state index in [1.54, 1.807) is 0 Å². The van der Waals surface area contributed by atoms with E-state index in [1.165, 1.54) is 18.2 Å². The smallest absolute Gasteiger partial charge is 0.335 e. The van der Waals surface area contributed by atoms with Crippen molar-refractivity contribution in [1.29, 1.82) is 0 Å². The van der Waals surface area contributed by atoms with Crippen molar-refractivity contribution in [3.05, 3.63) is 36.2 Å². The van der Waals surface area contributed by atoms with Crippen LogP contribution in [0.5, 0.6) is 5.75 Å². The van der Waals surface area contributed by atoms with E-state index in [4.69, 9.17) is 10.2 Å². The fraction of sp³-hybridized carbons (Fsp3) is 0. The summed E-state index contributed by atoms with van der Waals surface area (Å²) >= 11 is 0. The lowest BCUT2D eigenvalue weighted by atomic mass is 10.1. The third kappa shape index (κ3) is 1.49. The molecule has 11 heavy (non-hydrogen) atoms. The van der Waals surface area contributed by atoms with Gasteiger partial charge in [0.2, 0.25) is 0 Å². The Kier molecular flexibility index (Phi) is 1.81. The van der Waals surface area contributed by atoms with Gasteiger partial charge in [0.15, 0.2) is 0 Å². The maximum Gasteiger partial charge on any atom is 0.335 e. The molecule has 0 heterocycles. The monoisotopic (exact) mass is 151 g/mol. The second kappa shape index (κ2) is 2.62. The minimum Gasteiger partial charge on any atom is -0.508 e. The number of aromatic hydroxyl groups is 1. The molecule has 3 nitrogen and oxygen atoms in total. The highest BCUT2D eigenvalue weighted by Gasteiger charge is 2.03. The van der Waals surface area contributed by atoms with Gasteiger partial charge < -0.3 is 10.2 Å². The van der Waals surface area contributed by atoms with Crippen LogP contribution in [0.15, 0.2) is 18.2 Å². The van der Waals surface area contributed by atoms with Gasteiger partial charge in [0.1, 0.15) is 5.75 Å². The Labute approximate surface area is 63.9 Å². The fourth-order valence-electron chi connectivity index (χ4n) is 0.719. The first kappa shape index (κ1) is 7.60. The zero-order valence-electron chi connectivity index (χ0n) is 5.74. The van der Waals surface area contributed by atoms with Crippen molar-refractivity contribution in [2.75, 3.05) is 0 Å². The summed E-state index contributed by atoms with van der Waals surface area (Å²) in [4.78, 5) is 10.4. The van der Waals surface area contributed by atoms with E-state index in [9.17, 15) is 4.79 Å². The third-order valence-electron chi connectivity index (χ3n) is 1.33. The van der Waals surface area contributed by atoms with Gasteiger partial charge in [-0.15, -0.1) is 0 Å². The lowest BCUT2D eigenvalue weighted by molar-refractivity contribution is 0.0697. The highest BCUT2D eigenvalue weighted by molar-refractivity contribution is 5.88. The quantitative estimate of drug-likeness (QED) is 0.635. The summed E-state index contributed by atoms with van der Waals surface area (Å²) in [5.41, 5.74) is 0.456. The SMILES string of the molecule is [CH2]c1cc(C(=O)O)ccc1O. The van der Waals surface area contributed by atoms with E-state index in [-0.39, 0.29) is 11.3 Å². The molecule has 57 valence electrons. The van der Waals surface area contributed by atoms with Crippen LogP contribution in [0.1, 0.15) is 15.9 Å². The Morgan fingerprint density at radius 2 is 2.09 bits per heavy atom. The molecule has 0 amide bonds. The van der Waals surface area contributed by atoms with Crippen LogP contribution in [0.2, 0.25) is 0 Å².